The zero-order valence-electron chi connectivity index (χ0n) is 19.1. The Kier molecular flexibility index (Phi) is 16.1. The lowest BCUT2D eigenvalue weighted by atomic mass is 10.2. The van der Waals surface area contributed by atoms with Crippen LogP contribution in [-0.4, -0.2) is 67.1 Å². The second-order valence-corrected chi connectivity index (χ2v) is 13.3. The van der Waals surface area contributed by atoms with Crippen LogP contribution in [-0.2, 0) is 28.2 Å². The highest BCUT2D eigenvalue weighted by molar-refractivity contribution is 6.74. The average molecular weight is 421 g/mol. The van der Waals surface area contributed by atoms with E-state index in [9.17, 15) is 4.79 Å². The van der Waals surface area contributed by atoms with Gasteiger partial charge in [0.25, 0.3) is 0 Å². The molecule has 0 amide bonds. The molecule has 0 atom stereocenters. The minimum absolute atomic E-state index is 0.134. The van der Waals surface area contributed by atoms with Crippen molar-refractivity contribution in [3.8, 4) is 0 Å². The fraction of sp³-hybridized carbons (Fsp3) is 0.952. The third-order valence-corrected chi connectivity index (χ3v) is 9.50. The van der Waals surface area contributed by atoms with Crippen molar-refractivity contribution in [3.05, 3.63) is 0 Å². The lowest BCUT2D eigenvalue weighted by Crippen LogP contribution is -2.41. The van der Waals surface area contributed by atoms with Crippen LogP contribution in [0.2, 0.25) is 18.1 Å². The number of rotatable bonds is 18. The highest BCUT2D eigenvalue weighted by Crippen LogP contribution is 2.36. The lowest BCUT2D eigenvalue weighted by molar-refractivity contribution is -0.145. The van der Waals surface area contributed by atoms with Gasteiger partial charge in [-0.1, -0.05) is 47.0 Å². The number of esters is 1. The highest BCUT2D eigenvalue weighted by Gasteiger charge is 2.36. The molecule has 0 aliphatic heterocycles. The molecule has 0 N–H and O–H groups in total. The first-order valence-electron chi connectivity index (χ1n) is 10.7. The third-order valence-electron chi connectivity index (χ3n) is 4.97. The topological polar surface area (TPSA) is 63.2 Å². The molecule has 0 fully saturated rings. The summed E-state index contributed by atoms with van der Waals surface area (Å²) in [4.78, 5) is 11.5. The Hall–Kier alpha value is -0.473. The maximum atomic E-state index is 11.5. The zero-order chi connectivity index (χ0) is 21.3. The number of unbranched alkanes of at least 4 members (excludes halogenated alkanes) is 3. The van der Waals surface area contributed by atoms with Crippen LogP contribution in [0, 0.1) is 0 Å². The van der Waals surface area contributed by atoms with Crippen molar-refractivity contribution in [2.45, 2.75) is 77.9 Å². The number of carbonyl (C=O) groups is 1. The van der Waals surface area contributed by atoms with Crippen LogP contribution in [0.5, 0.6) is 0 Å². The maximum absolute atomic E-state index is 11.5. The normalized spacial score (nSPS) is 12.4. The number of carbonyl (C=O) groups excluding carboxylic acids is 1. The molecule has 0 bridgehead atoms. The summed E-state index contributed by atoms with van der Waals surface area (Å²) in [5.74, 6) is -0.134. The first-order valence-corrected chi connectivity index (χ1v) is 13.6. The Labute approximate surface area is 173 Å². The number of hydrogen-bond acceptors (Lipinski definition) is 6. The van der Waals surface area contributed by atoms with E-state index in [4.69, 9.17) is 23.4 Å². The summed E-state index contributed by atoms with van der Waals surface area (Å²) in [6.45, 7) is 17.4. The van der Waals surface area contributed by atoms with Gasteiger partial charge in [-0.2, -0.15) is 0 Å². The molecule has 0 heterocycles. The third kappa shape index (κ3) is 15.4. The molecule has 7 heteroatoms. The molecule has 28 heavy (non-hydrogen) atoms. The van der Waals surface area contributed by atoms with Gasteiger partial charge >= 0.3 is 5.97 Å². The number of ether oxygens (including phenoxy) is 4. The average Bonchev–Trinajstić information content (AvgIpc) is 2.61. The summed E-state index contributed by atoms with van der Waals surface area (Å²) >= 11 is 0. The smallest absolute Gasteiger partial charge is 0.305 e. The van der Waals surface area contributed by atoms with E-state index in [1.807, 2.05) is 0 Å². The largest absolute Gasteiger partial charge is 0.463 e. The maximum Gasteiger partial charge on any atom is 0.305 e. The van der Waals surface area contributed by atoms with Crippen molar-refractivity contribution >= 4 is 14.3 Å². The molecule has 168 valence electrons. The fourth-order valence-electron chi connectivity index (χ4n) is 2.10. The first-order chi connectivity index (χ1) is 13.2. The van der Waals surface area contributed by atoms with E-state index in [0.29, 0.717) is 59.3 Å². The van der Waals surface area contributed by atoms with Gasteiger partial charge in [0, 0.05) is 6.42 Å². The molecule has 0 saturated heterocycles. The van der Waals surface area contributed by atoms with Gasteiger partial charge in [0.2, 0.25) is 0 Å². The monoisotopic (exact) mass is 420 g/mol. The van der Waals surface area contributed by atoms with Gasteiger partial charge in [0.15, 0.2) is 8.32 Å². The molecule has 0 aromatic rings. The van der Waals surface area contributed by atoms with E-state index in [1.165, 1.54) is 12.8 Å². The summed E-state index contributed by atoms with van der Waals surface area (Å²) in [6.07, 6.45) is 4.84. The summed E-state index contributed by atoms with van der Waals surface area (Å²) in [5, 5.41) is 0.225. The van der Waals surface area contributed by atoms with E-state index in [-0.39, 0.29) is 11.0 Å². The van der Waals surface area contributed by atoms with Gasteiger partial charge in [0.1, 0.15) is 6.61 Å². The SMILES string of the molecule is CCCCCCC(=O)OCCOCCOCCOCCO[Si](C)(C)C(C)(C)C. The molecule has 0 aromatic carbocycles. The highest BCUT2D eigenvalue weighted by atomic mass is 28.4. The quantitative estimate of drug-likeness (QED) is 0.184. The Balaban J connectivity index is 3.31. The molecular formula is C21H44O6Si. The minimum Gasteiger partial charge on any atom is -0.463 e. The van der Waals surface area contributed by atoms with Crippen molar-refractivity contribution in [2.24, 2.45) is 0 Å². The van der Waals surface area contributed by atoms with Crippen LogP contribution < -0.4 is 0 Å². The minimum atomic E-state index is -1.68. The van der Waals surface area contributed by atoms with Gasteiger partial charge in [-0.3, -0.25) is 4.79 Å². The summed E-state index contributed by atoms with van der Waals surface area (Å²) in [5.41, 5.74) is 0. The summed E-state index contributed by atoms with van der Waals surface area (Å²) in [6, 6.07) is 0. The molecule has 0 aliphatic rings. The van der Waals surface area contributed by atoms with Crippen molar-refractivity contribution < 1.29 is 28.2 Å². The van der Waals surface area contributed by atoms with Gasteiger partial charge in [-0.15, -0.1) is 0 Å². The van der Waals surface area contributed by atoms with Gasteiger partial charge < -0.3 is 23.4 Å². The molecule has 0 rings (SSSR count). The van der Waals surface area contributed by atoms with Crippen molar-refractivity contribution in [2.75, 3.05) is 52.9 Å². The molecule has 0 radical (unpaired) electrons. The Morgan fingerprint density at radius 2 is 1.25 bits per heavy atom. The van der Waals surface area contributed by atoms with E-state index < -0.39 is 8.32 Å². The summed E-state index contributed by atoms with van der Waals surface area (Å²) < 4.78 is 27.5. The van der Waals surface area contributed by atoms with Crippen LogP contribution in [0.1, 0.15) is 59.8 Å². The van der Waals surface area contributed by atoms with Crippen molar-refractivity contribution in [1.82, 2.24) is 0 Å². The molecule has 0 aliphatic carbocycles. The predicted octanol–water partition coefficient (Wildman–Crippen LogP) is 4.57. The fourth-order valence-corrected chi connectivity index (χ4v) is 3.12. The van der Waals surface area contributed by atoms with E-state index in [1.54, 1.807) is 0 Å². The first kappa shape index (κ1) is 27.5. The Morgan fingerprint density at radius 1 is 0.750 bits per heavy atom. The zero-order valence-corrected chi connectivity index (χ0v) is 20.1. The van der Waals surface area contributed by atoms with Crippen LogP contribution in [0.25, 0.3) is 0 Å². The second-order valence-electron chi connectivity index (χ2n) is 8.48. The standard InChI is InChI=1S/C21H44O6Si/c1-7-8-9-10-11-20(22)26-18-16-24-14-12-23-13-15-25-17-19-27-28(5,6)21(2,3)4/h7-19H2,1-6H3. The van der Waals surface area contributed by atoms with E-state index in [0.717, 1.165) is 12.8 Å². The van der Waals surface area contributed by atoms with Crippen LogP contribution in [0.4, 0.5) is 0 Å². The van der Waals surface area contributed by atoms with Gasteiger partial charge in [-0.05, 0) is 24.6 Å². The van der Waals surface area contributed by atoms with Crippen molar-refractivity contribution in [3.63, 3.8) is 0 Å². The molecule has 0 saturated carbocycles. The molecular weight excluding hydrogens is 376 g/mol. The second kappa shape index (κ2) is 16.3. The molecule has 0 aromatic heterocycles. The molecule has 6 nitrogen and oxygen atoms in total. The Bertz CT molecular complexity index is 382. The van der Waals surface area contributed by atoms with Crippen LogP contribution >= 0.6 is 0 Å². The predicted molar refractivity (Wildman–Crippen MR) is 115 cm³/mol. The number of hydrogen-bond donors (Lipinski definition) is 0. The van der Waals surface area contributed by atoms with E-state index >= 15 is 0 Å². The summed E-state index contributed by atoms with van der Waals surface area (Å²) in [7, 11) is -1.68. The molecule has 0 unspecified atom stereocenters. The lowest BCUT2D eigenvalue weighted by Gasteiger charge is -2.36. The molecule has 0 spiro atoms. The van der Waals surface area contributed by atoms with E-state index in [2.05, 4.69) is 40.8 Å². The van der Waals surface area contributed by atoms with Crippen molar-refractivity contribution in [1.29, 1.82) is 0 Å². The van der Waals surface area contributed by atoms with Gasteiger partial charge in [0.05, 0.1) is 46.2 Å². The Morgan fingerprint density at radius 3 is 1.75 bits per heavy atom. The van der Waals surface area contributed by atoms with Gasteiger partial charge in [-0.25, -0.2) is 0 Å². The van der Waals surface area contributed by atoms with Crippen LogP contribution in [0.15, 0.2) is 0 Å². The van der Waals surface area contributed by atoms with Crippen LogP contribution in [0.3, 0.4) is 0 Å².